The summed E-state index contributed by atoms with van der Waals surface area (Å²) in [4.78, 5) is 21.0. The van der Waals surface area contributed by atoms with Gasteiger partial charge < -0.3 is 9.26 Å². The molecule has 0 bridgehead atoms. The zero-order valence-electron chi connectivity index (χ0n) is 16.9. The van der Waals surface area contributed by atoms with Crippen LogP contribution in [0.1, 0.15) is 5.56 Å². The zero-order valence-corrected chi connectivity index (χ0v) is 16.9. The number of fused-ring (bicyclic) bond motifs is 1. The van der Waals surface area contributed by atoms with Gasteiger partial charge >= 0.3 is 5.63 Å². The second kappa shape index (κ2) is 7.91. The Morgan fingerprint density at radius 1 is 0.903 bits per heavy atom. The lowest BCUT2D eigenvalue weighted by Crippen LogP contribution is -1.99. The summed E-state index contributed by atoms with van der Waals surface area (Å²) < 4.78 is 12.7. The molecule has 31 heavy (non-hydrogen) atoms. The molecule has 6 nitrogen and oxygen atoms in total. The highest BCUT2D eigenvalue weighted by atomic mass is 16.5. The van der Waals surface area contributed by atoms with Crippen LogP contribution in [-0.2, 0) is 13.7 Å². The van der Waals surface area contributed by atoms with Crippen LogP contribution in [0.25, 0.3) is 33.3 Å². The Morgan fingerprint density at radius 3 is 2.48 bits per heavy atom. The van der Waals surface area contributed by atoms with Gasteiger partial charge in [-0.1, -0.05) is 42.5 Å². The first kappa shape index (κ1) is 18.8. The van der Waals surface area contributed by atoms with Crippen molar-refractivity contribution < 1.29 is 9.26 Å². The van der Waals surface area contributed by atoms with Crippen LogP contribution in [0, 0.1) is 0 Å². The standard InChI is InChI=1S/C25H19N3O3/c1-28-24(23(25(29)31-28)19-12-14-26-15-13-19)20-8-6-17(7-9-20)16-30-22-11-10-18-4-2-3-5-21(18)27-22/h2-15H,16H2,1H3. The van der Waals surface area contributed by atoms with Crippen molar-refractivity contribution in [2.75, 3.05) is 0 Å². The van der Waals surface area contributed by atoms with E-state index >= 15 is 0 Å². The number of aryl methyl sites for hydroxylation is 1. The van der Waals surface area contributed by atoms with Gasteiger partial charge in [0.25, 0.3) is 0 Å². The molecule has 2 aromatic carbocycles. The Morgan fingerprint density at radius 2 is 1.68 bits per heavy atom. The summed E-state index contributed by atoms with van der Waals surface area (Å²) in [6.45, 7) is 0.396. The molecule has 0 unspecified atom stereocenters. The quantitative estimate of drug-likeness (QED) is 0.416. The molecule has 5 rings (SSSR count). The van der Waals surface area contributed by atoms with E-state index in [2.05, 4.69) is 9.97 Å². The molecule has 0 atom stereocenters. The molecule has 0 spiro atoms. The van der Waals surface area contributed by atoms with E-state index in [0.717, 1.165) is 33.3 Å². The van der Waals surface area contributed by atoms with Gasteiger partial charge in [-0.2, -0.15) is 0 Å². The number of aromatic nitrogens is 3. The van der Waals surface area contributed by atoms with Crippen molar-refractivity contribution in [1.29, 1.82) is 0 Å². The molecule has 0 saturated carbocycles. The van der Waals surface area contributed by atoms with Gasteiger partial charge in [-0.25, -0.2) is 14.5 Å². The third kappa shape index (κ3) is 3.71. The Bertz CT molecular complexity index is 1400. The molecule has 152 valence electrons. The fraction of sp³-hybridized carbons (Fsp3) is 0.0800. The number of pyridine rings is 2. The molecule has 3 heterocycles. The van der Waals surface area contributed by atoms with E-state index in [4.69, 9.17) is 9.26 Å². The van der Waals surface area contributed by atoms with E-state index in [9.17, 15) is 4.79 Å². The lowest BCUT2D eigenvalue weighted by Gasteiger charge is -2.08. The van der Waals surface area contributed by atoms with E-state index in [1.165, 1.54) is 4.74 Å². The second-order valence-corrected chi connectivity index (χ2v) is 7.16. The molecule has 0 radical (unpaired) electrons. The van der Waals surface area contributed by atoms with Gasteiger partial charge in [-0.3, -0.25) is 4.98 Å². The normalized spacial score (nSPS) is 11.0. The van der Waals surface area contributed by atoms with Crippen LogP contribution in [0.2, 0.25) is 0 Å². The van der Waals surface area contributed by atoms with Crippen molar-refractivity contribution in [2.24, 2.45) is 7.05 Å². The number of hydrogen-bond acceptors (Lipinski definition) is 5. The molecule has 0 N–H and O–H groups in total. The van der Waals surface area contributed by atoms with Crippen LogP contribution in [0.3, 0.4) is 0 Å². The molecule has 5 aromatic rings. The Balaban J connectivity index is 1.39. The highest BCUT2D eigenvalue weighted by molar-refractivity contribution is 5.80. The van der Waals surface area contributed by atoms with Crippen LogP contribution >= 0.6 is 0 Å². The average molecular weight is 409 g/mol. The van der Waals surface area contributed by atoms with Gasteiger partial charge in [-0.15, -0.1) is 0 Å². The Hall–Kier alpha value is -4.19. The first-order chi connectivity index (χ1) is 15.2. The molecular formula is C25H19N3O3. The largest absolute Gasteiger partial charge is 0.473 e. The maximum atomic E-state index is 12.4. The summed E-state index contributed by atoms with van der Waals surface area (Å²) >= 11 is 0. The number of nitrogens with zero attached hydrogens (tertiary/aromatic N) is 3. The number of para-hydroxylation sites is 1. The van der Waals surface area contributed by atoms with E-state index in [0.29, 0.717) is 18.1 Å². The van der Waals surface area contributed by atoms with Crippen molar-refractivity contribution >= 4 is 10.9 Å². The predicted molar refractivity (Wildman–Crippen MR) is 119 cm³/mol. The van der Waals surface area contributed by atoms with E-state index < -0.39 is 0 Å². The van der Waals surface area contributed by atoms with Gasteiger partial charge in [0.15, 0.2) is 0 Å². The van der Waals surface area contributed by atoms with Crippen molar-refractivity contribution in [1.82, 2.24) is 14.7 Å². The van der Waals surface area contributed by atoms with Crippen LogP contribution in [0.4, 0.5) is 0 Å². The van der Waals surface area contributed by atoms with Crippen LogP contribution in [0.15, 0.2) is 94.5 Å². The number of benzene rings is 2. The van der Waals surface area contributed by atoms with Gasteiger partial charge in [0.2, 0.25) is 5.88 Å². The van der Waals surface area contributed by atoms with Crippen molar-refractivity contribution in [3.8, 4) is 28.3 Å². The van der Waals surface area contributed by atoms with Gasteiger partial charge in [-0.05, 0) is 35.4 Å². The monoisotopic (exact) mass is 409 g/mol. The minimum absolute atomic E-state index is 0.376. The highest BCUT2D eigenvalue weighted by Gasteiger charge is 2.18. The molecule has 0 aliphatic heterocycles. The van der Waals surface area contributed by atoms with Crippen molar-refractivity contribution in [3.63, 3.8) is 0 Å². The molecule has 0 aliphatic carbocycles. The topological polar surface area (TPSA) is 70.2 Å². The minimum atomic E-state index is -0.376. The highest BCUT2D eigenvalue weighted by Crippen LogP contribution is 2.29. The Kier molecular flexibility index (Phi) is 4.80. The van der Waals surface area contributed by atoms with Crippen LogP contribution in [0.5, 0.6) is 5.88 Å². The number of rotatable bonds is 5. The van der Waals surface area contributed by atoms with Crippen LogP contribution < -0.4 is 10.4 Å². The molecular weight excluding hydrogens is 390 g/mol. The fourth-order valence-electron chi connectivity index (χ4n) is 3.61. The summed E-state index contributed by atoms with van der Waals surface area (Å²) in [6, 6.07) is 23.3. The van der Waals surface area contributed by atoms with Gasteiger partial charge in [0, 0.05) is 36.5 Å². The first-order valence-electron chi connectivity index (χ1n) is 9.88. The van der Waals surface area contributed by atoms with E-state index in [-0.39, 0.29) is 5.63 Å². The molecule has 0 aliphatic rings. The summed E-state index contributed by atoms with van der Waals surface area (Å²) in [6.07, 6.45) is 3.32. The number of hydrogen-bond donors (Lipinski definition) is 0. The number of ether oxygens (including phenoxy) is 1. The van der Waals surface area contributed by atoms with Crippen molar-refractivity contribution in [2.45, 2.75) is 6.61 Å². The minimum Gasteiger partial charge on any atom is -0.473 e. The van der Waals surface area contributed by atoms with Gasteiger partial charge in [0.05, 0.1) is 16.8 Å². The Labute approximate surface area is 178 Å². The molecule has 3 aromatic heterocycles. The SMILES string of the molecule is Cn1oc(=O)c(-c2ccncc2)c1-c1ccc(COc2ccc3ccccc3n2)cc1. The van der Waals surface area contributed by atoms with E-state index in [1.807, 2.05) is 60.7 Å². The summed E-state index contributed by atoms with van der Waals surface area (Å²) in [5.41, 5.74) is 4.42. The lowest BCUT2D eigenvalue weighted by atomic mass is 10.0. The third-order valence-corrected chi connectivity index (χ3v) is 5.13. The predicted octanol–water partition coefficient (Wildman–Crippen LogP) is 4.83. The lowest BCUT2D eigenvalue weighted by molar-refractivity contribution is 0.289. The zero-order chi connectivity index (χ0) is 21.2. The molecule has 0 amide bonds. The maximum Gasteiger partial charge on any atom is 0.365 e. The first-order valence-corrected chi connectivity index (χ1v) is 9.88. The molecule has 0 fully saturated rings. The van der Waals surface area contributed by atoms with E-state index in [1.54, 1.807) is 31.6 Å². The molecule has 6 heteroatoms. The molecule has 0 saturated heterocycles. The second-order valence-electron chi connectivity index (χ2n) is 7.16. The third-order valence-electron chi connectivity index (χ3n) is 5.13. The smallest absolute Gasteiger partial charge is 0.365 e. The van der Waals surface area contributed by atoms with Crippen molar-refractivity contribution in [3.05, 3.63) is 101 Å². The maximum absolute atomic E-state index is 12.4. The van der Waals surface area contributed by atoms with Crippen LogP contribution in [-0.4, -0.2) is 14.7 Å². The fourth-order valence-corrected chi connectivity index (χ4v) is 3.61. The van der Waals surface area contributed by atoms with Gasteiger partial charge in [0.1, 0.15) is 6.61 Å². The summed E-state index contributed by atoms with van der Waals surface area (Å²) in [5, 5.41) is 1.08. The summed E-state index contributed by atoms with van der Waals surface area (Å²) in [7, 11) is 1.73. The average Bonchev–Trinajstić information content (AvgIpc) is 3.12. The summed E-state index contributed by atoms with van der Waals surface area (Å²) in [5.74, 6) is 0.583.